The van der Waals surface area contributed by atoms with Crippen LogP contribution in [0.2, 0.25) is 0 Å². The third-order valence-electron chi connectivity index (χ3n) is 4.49. The van der Waals surface area contributed by atoms with Gasteiger partial charge in [-0.05, 0) is 19.1 Å². The highest BCUT2D eigenvalue weighted by Gasteiger charge is 2.43. The summed E-state index contributed by atoms with van der Waals surface area (Å²) in [5, 5.41) is 13.5. The molecular weight excluding hydrogens is 378 g/mol. The Morgan fingerprint density at radius 3 is 2.96 bits per heavy atom. The summed E-state index contributed by atoms with van der Waals surface area (Å²) in [6.07, 6.45) is 3.94. The summed E-state index contributed by atoms with van der Waals surface area (Å²) >= 11 is 1.35. The minimum absolute atomic E-state index is 0.298. The minimum atomic E-state index is -1.11. The summed E-state index contributed by atoms with van der Waals surface area (Å²) in [7, 11) is 3.44. The van der Waals surface area contributed by atoms with Crippen LogP contribution in [-0.2, 0) is 16.7 Å². The lowest BCUT2D eigenvalue weighted by Gasteiger charge is -2.19. The largest absolute Gasteiger partial charge is 0.496 e. The summed E-state index contributed by atoms with van der Waals surface area (Å²) in [5.74, 6) is 0.392. The highest BCUT2D eigenvalue weighted by Crippen LogP contribution is 2.32. The van der Waals surface area contributed by atoms with Crippen LogP contribution in [-0.4, -0.2) is 39.1 Å². The molecule has 1 aromatic carbocycles. The van der Waals surface area contributed by atoms with E-state index in [1.165, 1.54) is 11.3 Å². The van der Waals surface area contributed by atoms with E-state index >= 15 is 0 Å². The number of anilines is 1. The Bertz CT molecular complexity index is 1060. The smallest absolute Gasteiger partial charge is 0.273 e. The summed E-state index contributed by atoms with van der Waals surface area (Å²) < 4.78 is 7.08. The van der Waals surface area contributed by atoms with Crippen molar-refractivity contribution in [3.63, 3.8) is 0 Å². The van der Waals surface area contributed by atoms with Crippen LogP contribution in [0.4, 0.5) is 5.13 Å². The van der Waals surface area contributed by atoms with Crippen molar-refractivity contribution in [3.05, 3.63) is 47.6 Å². The molecular formula is C19H19N5O3S. The third kappa shape index (κ3) is 3.36. The van der Waals surface area contributed by atoms with Gasteiger partial charge >= 0.3 is 0 Å². The fraction of sp³-hybridized carbons (Fsp3) is 0.263. The van der Waals surface area contributed by atoms with Crippen molar-refractivity contribution in [3.8, 4) is 17.0 Å². The molecule has 144 valence electrons. The standard InChI is InChI=1S/C19H19N5O3S/c1-19(8-14(23-27-19)13-6-4-5-7-16(13)26-3)17(25)22-18-21-15(11-28-18)12-9-20-24(2)10-12/h4-7,9-11H,8H2,1-3H3,(H,21,22,25)/t19-/m1/s1. The van der Waals surface area contributed by atoms with Crippen molar-refractivity contribution in [2.75, 3.05) is 12.4 Å². The number of carbonyl (C=O) groups is 1. The number of para-hydroxylation sites is 1. The lowest BCUT2D eigenvalue weighted by molar-refractivity contribution is -0.135. The molecule has 3 heterocycles. The average molecular weight is 397 g/mol. The van der Waals surface area contributed by atoms with Gasteiger partial charge in [0.2, 0.25) is 5.60 Å². The van der Waals surface area contributed by atoms with Gasteiger partial charge in [-0.2, -0.15) is 5.10 Å². The zero-order valence-corrected chi connectivity index (χ0v) is 16.5. The van der Waals surface area contributed by atoms with E-state index in [2.05, 4.69) is 20.6 Å². The summed E-state index contributed by atoms with van der Waals surface area (Å²) in [6, 6.07) is 7.52. The number of aryl methyl sites for hydroxylation is 1. The number of hydrogen-bond donors (Lipinski definition) is 1. The van der Waals surface area contributed by atoms with Crippen LogP contribution in [0, 0.1) is 0 Å². The van der Waals surface area contributed by atoms with Gasteiger partial charge < -0.3 is 9.57 Å². The number of methoxy groups -OCH3 is 1. The molecule has 9 heteroatoms. The number of aromatic nitrogens is 3. The maximum Gasteiger partial charge on any atom is 0.273 e. The number of thiazole rings is 1. The molecule has 3 aromatic rings. The highest BCUT2D eigenvalue weighted by molar-refractivity contribution is 7.14. The number of nitrogens with zero attached hydrogens (tertiary/aromatic N) is 4. The molecule has 1 atom stereocenters. The van der Waals surface area contributed by atoms with Gasteiger partial charge in [0.1, 0.15) is 5.75 Å². The number of hydrogen-bond acceptors (Lipinski definition) is 7. The van der Waals surface area contributed by atoms with E-state index in [1.54, 1.807) is 24.9 Å². The Hall–Kier alpha value is -3.20. The SMILES string of the molecule is COc1ccccc1C1=NO[C@@](C)(C(=O)Nc2nc(-c3cnn(C)c3)cs2)C1. The first kappa shape index (κ1) is 18.2. The molecule has 0 bridgehead atoms. The molecule has 8 nitrogen and oxygen atoms in total. The van der Waals surface area contributed by atoms with Crippen molar-refractivity contribution in [2.45, 2.75) is 18.9 Å². The number of ether oxygens (including phenoxy) is 1. The number of amides is 1. The van der Waals surface area contributed by atoms with Crippen molar-refractivity contribution < 1.29 is 14.4 Å². The first-order valence-corrected chi connectivity index (χ1v) is 9.51. The first-order valence-electron chi connectivity index (χ1n) is 8.63. The Morgan fingerprint density at radius 2 is 2.21 bits per heavy atom. The summed E-state index contributed by atoms with van der Waals surface area (Å²) in [6.45, 7) is 1.71. The fourth-order valence-electron chi connectivity index (χ4n) is 2.94. The number of carbonyl (C=O) groups excluding carboxylic acids is 1. The van der Waals surface area contributed by atoms with Gasteiger partial charge in [-0.1, -0.05) is 17.3 Å². The number of oxime groups is 1. The van der Waals surface area contributed by atoms with E-state index in [0.29, 0.717) is 23.0 Å². The highest BCUT2D eigenvalue weighted by atomic mass is 32.1. The normalized spacial score (nSPS) is 18.5. The maximum atomic E-state index is 12.8. The second-order valence-corrected chi connectivity index (χ2v) is 7.49. The van der Waals surface area contributed by atoms with Gasteiger partial charge in [0.25, 0.3) is 5.91 Å². The van der Waals surface area contributed by atoms with Crippen LogP contribution in [0.3, 0.4) is 0 Å². The van der Waals surface area contributed by atoms with Crippen LogP contribution < -0.4 is 10.1 Å². The molecule has 0 spiro atoms. The molecule has 28 heavy (non-hydrogen) atoms. The number of rotatable bonds is 5. The van der Waals surface area contributed by atoms with E-state index in [4.69, 9.17) is 9.57 Å². The lowest BCUT2D eigenvalue weighted by Crippen LogP contribution is -2.40. The molecule has 0 aliphatic carbocycles. The topological polar surface area (TPSA) is 90.6 Å². The van der Waals surface area contributed by atoms with Gasteiger partial charge in [0.15, 0.2) is 5.13 Å². The Labute approximate surface area is 165 Å². The molecule has 1 aliphatic heterocycles. The van der Waals surface area contributed by atoms with Crippen molar-refractivity contribution in [2.24, 2.45) is 12.2 Å². The quantitative estimate of drug-likeness (QED) is 0.714. The molecule has 0 saturated heterocycles. The first-order chi connectivity index (χ1) is 13.5. The second-order valence-electron chi connectivity index (χ2n) is 6.63. The van der Waals surface area contributed by atoms with Gasteiger partial charge in [0, 0.05) is 36.2 Å². The predicted molar refractivity (Wildman–Crippen MR) is 107 cm³/mol. The molecule has 1 aliphatic rings. The molecule has 1 N–H and O–H groups in total. The van der Waals surface area contributed by atoms with Crippen LogP contribution in [0.15, 0.2) is 47.2 Å². The number of benzene rings is 1. The van der Waals surface area contributed by atoms with Gasteiger partial charge in [-0.3, -0.25) is 14.8 Å². The van der Waals surface area contributed by atoms with Crippen LogP contribution in [0.25, 0.3) is 11.3 Å². The van der Waals surface area contributed by atoms with Crippen LogP contribution in [0.5, 0.6) is 5.75 Å². The second kappa shape index (κ2) is 7.08. The van der Waals surface area contributed by atoms with E-state index in [0.717, 1.165) is 16.8 Å². The van der Waals surface area contributed by atoms with Gasteiger partial charge in [0.05, 0.1) is 24.7 Å². The zero-order chi connectivity index (χ0) is 19.7. The van der Waals surface area contributed by atoms with Crippen molar-refractivity contribution in [1.82, 2.24) is 14.8 Å². The Morgan fingerprint density at radius 1 is 1.39 bits per heavy atom. The molecule has 0 unspecified atom stereocenters. The summed E-state index contributed by atoms with van der Waals surface area (Å²) in [4.78, 5) is 22.8. The molecule has 0 radical (unpaired) electrons. The van der Waals surface area contributed by atoms with Crippen LogP contribution >= 0.6 is 11.3 Å². The third-order valence-corrected chi connectivity index (χ3v) is 5.24. The Balaban J connectivity index is 1.46. The van der Waals surface area contributed by atoms with E-state index in [1.807, 2.05) is 42.9 Å². The lowest BCUT2D eigenvalue weighted by atomic mass is 9.95. The van der Waals surface area contributed by atoms with E-state index in [9.17, 15) is 4.79 Å². The summed E-state index contributed by atoms with van der Waals surface area (Å²) in [5.41, 5.74) is 2.03. The molecule has 4 rings (SSSR count). The maximum absolute atomic E-state index is 12.8. The predicted octanol–water partition coefficient (Wildman–Crippen LogP) is 3.07. The monoisotopic (exact) mass is 397 g/mol. The van der Waals surface area contributed by atoms with Gasteiger partial charge in [-0.25, -0.2) is 4.98 Å². The van der Waals surface area contributed by atoms with Gasteiger partial charge in [-0.15, -0.1) is 11.3 Å². The van der Waals surface area contributed by atoms with Crippen molar-refractivity contribution >= 4 is 28.1 Å². The zero-order valence-electron chi connectivity index (χ0n) is 15.7. The van der Waals surface area contributed by atoms with E-state index in [-0.39, 0.29) is 5.91 Å². The number of nitrogens with one attached hydrogen (secondary N) is 1. The fourth-order valence-corrected chi connectivity index (χ4v) is 3.65. The molecule has 2 aromatic heterocycles. The minimum Gasteiger partial charge on any atom is -0.496 e. The van der Waals surface area contributed by atoms with Crippen molar-refractivity contribution in [1.29, 1.82) is 0 Å². The van der Waals surface area contributed by atoms with E-state index < -0.39 is 5.60 Å². The van der Waals surface area contributed by atoms with Crippen LogP contribution in [0.1, 0.15) is 18.9 Å². The molecule has 0 fully saturated rings. The average Bonchev–Trinajstić information content (AvgIpc) is 3.42. The Kier molecular flexibility index (Phi) is 4.60. The molecule has 1 amide bonds. The molecule has 0 saturated carbocycles.